The molecule has 104 valence electrons. The van der Waals surface area contributed by atoms with Crippen molar-refractivity contribution in [2.45, 2.75) is 45.3 Å². The van der Waals surface area contributed by atoms with Crippen LogP contribution in [-0.2, 0) is 4.74 Å². The predicted molar refractivity (Wildman–Crippen MR) is 73.3 cm³/mol. The largest absolute Gasteiger partial charge is 0.370 e. The average Bonchev–Trinajstić information content (AvgIpc) is 3.09. The number of ether oxygens (including phenoxy) is 1. The summed E-state index contributed by atoms with van der Waals surface area (Å²) in [6.07, 6.45) is 3.28. The van der Waals surface area contributed by atoms with E-state index >= 15 is 0 Å². The zero-order valence-corrected chi connectivity index (χ0v) is 12.1. The highest BCUT2D eigenvalue weighted by Crippen LogP contribution is 2.29. The van der Waals surface area contributed by atoms with Crippen LogP contribution < -0.4 is 5.32 Å². The van der Waals surface area contributed by atoms with Crippen LogP contribution in [0.3, 0.4) is 0 Å². The van der Waals surface area contributed by atoms with Crippen molar-refractivity contribution in [3.63, 3.8) is 0 Å². The van der Waals surface area contributed by atoms with E-state index in [4.69, 9.17) is 4.74 Å². The minimum atomic E-state index is 0.0591. The Kier molecular flexibility index (Phi) is 3.76. The van der Waals surface area contributed by atoms with Crippen LogP contribution in [0.25, 0.3) is 4.96 Å². The fourth-order valence-electron chi connectivity index (χ4n) is 2.25. The smallest absolute Gasteiger partial charge is 0.234 e. The van der Waals surface area contributed by atoms with Gasteiger partial charge in [0.1, 0.15) is 11.1 Å². The van der Waals surface area contributed by atoms with Gasteiger partial charge in [0.15, 0.2) is 5.82 Å². The Hall–Kier alpha value is -1.05. The van der Waals surface area contributed by atoms with Gasteiger partial charge in [0.2, 0.25) is 4.96 Å². The molecule has 1 aliphatic heterocycles. The second-order valence-corrected chi connectivity index (χ2v) is 5.86. The van der Waals surface area contributed by atoms with Gasteiger partial charge in [-0.15, -0.1) is 10.2 Å². The van der Waals surface area contributed by atoms with Gasteiger partial charge in [-0.3, -0.25) is 0 Å². The molecular formula is C12H19N5OS. The second-order valence-electron chi connectivity index (χ2n) is 4.87. The molecule has 7 heteroatoms. The molecule has 0 amide bonds. The molecule has 2 aromatic rings. The van der Waals surface area contributed by atoms with E-state index < -0.39 is 0 Å². The van der Waals surface area contributed by atoms with Crippen molar-refractivity contribution in [2.75, 3.05) is 13.2 Å². The van der Waals surface area contributed by atoms with E-state index in [9.17, 15) is 0 Å². The van der Waals surface area contributed by atoms with Crippen LogP contribution in [0.15, 0.2) is 0 Å². The molecule has 2 aromatic heterocycles. The molecule has 0 aliphatic carbocycles. The minimum absolute atomic E-state index is 0.0591. The molecule has 1 aliphatic rings. The first-order valence-electron chi connectivity index (χ1n) is 6.86. The van der Waals surface area contributed by atoms with Gasteiger partial charge in [0.05, 0.1) is 6.04 Å². The van der Waals surface area contributed by atoms with E-state index in [0.29, 0.717) is 0 Å². The molecule has 0 bridgehead atoms. The Balaban J connectivity index is 1.84. The average molecular weight is 281 g/mol. The summed E-state index contributed by atoms with van der Waals surface area (Å²) in [6.45, 7) is 6.10. The van der Waals surface area contributed by atoms with Crippen LogP contribution in [-0.4, -0.2) is 33.0 Å². The second kappa shape index (κ2) is 5.52. The van der Waals surface area contributed by atoms with Crippen molar-refractivity contribution in [1.82, 2.24) is 25.1 Å². The van der Waals surface area contributed by atoms with Gasteiger partial charge in [-0.1, -0.05) is 18.3 Å². The van der Waals surface area contributed by atoms with Crippen molar-refractivity contribution >= 4 is 16.3 Å². The molecule has 2 atom stereocenters. The monoisotopic (exact) mass is 281 g/mol. The normalized spacial score (nSPS) is 21.3. The molecule has 0 spiro atoms. The van der Waals surface area contributed by atoms with Gasteiger partial charge in [-0.2, -0.15) is 9.61 Å². The molecule has 1 fully saturated rings. The van der Waals surface area contributed by atoms with Crippen molar-refractivity contribution in [3.8, 4) is 0 Å². The van der Waals surface area contributed by atoms with Crippen molar-refractivity contribution in [2.24, 2.45) is 0 Å². The van der Waals surface area contributed by atoms with Crippen LogP contribution in [0.5, 0.6) is 0 Å². The lowest BCUT2D eigenvalue weighted by molar-refractivity contribution is 0.103. The van der Waals surface area contributed by atoms with Gasteiger partial charge >= 0.3 is 0 Å². The fraction of sp³-hybridized carbons (Fsp3) is 0.750. The first-order valence-corrected chi connectivity index (χ1v) is 7.68. The summed E-state index contributed by atoms with van der Waals surface area (Å²) < 4.78 is 7.51. The summed E-state index contributed by atoms with van der Waals surface area (Å²) >= 11 is 1.60. The molecule has 1 saturated heterocycles. The van der Waals surface area contributed by atoms with E-state index in [1.807, 2.05) is 4.52 Å². The summed E-state index contributed by atoms with van der Waals surface area (Å²) in [4.78, 5) is 0.852. The highest BCUT2D eigenvalue weighted by Gasteiger charge is 2.25. The zero-order chi connectivity index (χ0) is 13.2. The maximum Gasteiger partial charge on any atom is 0.234 e. The quantitative estimate of drug-likeness (QED) is 0.909. The van der Waals surface area contributed by atoms with E-state index in [1.54, 1.807) is 11.3 Å². The third-order valence-corrected chi connectivity index (χ3v) is 4.40. The van der Waals surface area contributed by atoms with Gasteiger partial charge in [-0.25, -0.2) is 0 Å². The molecule has 3 heterocycles. The van der Waals surface area contributed by atoms with E-state index in [1.165, 1.54) is 0 Å². The third-order valence-electron chi connectivity index (χ3n) is 3.32. The Morgan fingerprint density at radius 2 is 2.42 bits per heavy atom. The topological polar surface area (TPSA) is 64.3 Å². The van der Waals surface area contributed by atoms with E-state index in [-0.39, 0.29) is 12.1 Å². The molecule has 3 rings (SSSR count). The molecule has 0 aromatic carbocycles. The van der Waals surface area contributed by atoms with Gasteiger partial charge in [0.25, 0.3) is 0 Å². The summed E-state index contributed by atoms with van der Waals surface area (Å²) in [5.41, 5.74) is 0. The summed E-state index contributed by atoms with van der Waals surface area (Å²) in [5, 5.41) is 17.6. The molecule has 19 heavy (non-hydrogen) atoms. The Morgan fingerprint density at radius 1 is 1.53 bits per heavy atom. The Morgan fingerprint density at radius 3 is 3.16 bits per heavy atom. The van der Waals surface area contributed by atoms with Gasteiger partial charge in [-0.05, 0) is 32.7 Å². The molecule has 2 unspecified atom stereocenters. The SMILES string of the molecule is CCCNC(C)c1nn2c(C3CCCO3)nnc2s1. The number of hydrogen-bond acceptors (Lipinski definition) is 6. The molecule has 6 nitrogen and oxygen atoms in total. The predicted octanol–water partition coefficient (Wildman–Crippen LogP) is 2.10. The first-order chi connectivity index (χ1) is 9.29. The summed E-state index contributed by atoms with van der Waals surface area (Å²) in [6, 6.07) is 0.254. The van der Waals surface area contributed by atoms with Crippen LogP contribution in [0.4, 0.5) is 0 Å². The molecule has 1 N–H and O–H groups in total. The van der Waals surface area contributed by atoms with Crippen LogP contribution in [0.2, 0.25) is 0 Å². The zero-order valence-electron chi connectivity index (χ0n) is 11.3. The third kappa shape index (κ3) is 2.50. The van der Waals surface area contributed by atoms with Gasteiger partial charge < -0.3 is 10.1 Å². The first kappa shape index (κ1) is 13.0. The maximum atomic E-state index is 5.67. The maximum absolute atomic E-state index is 5.67. The summed E-state index contributed by atoms with van der Waals surface area (Å²) in [5.74, 6) is 0.845. The van der Waals surface area contributed by atoms with E-state index in [2.05, 4.69) is 34.5 Å². The van der Waals surface area contributed by atoms with Crippen molar-refractivity contribution in [1.29, 1.82) is 0 Å². The number of rotatable bonds is 5. The number of nitrogens with zero attached hydrogens (tertiary/aromatic N) is 4. The highest BCUT2D eigenvalue weighted by atomic mass is 32.1. The Labute approximate surface area is 116 Å². The summed E-state index contributed by atoms with van der Waals surface area (Å²) in [7, 11) is 0. The number of hydrogen-bond donors (Lipinski definition) is 1. The minimum Gasteiger partial charge on any atom is -0.370 e. The molecule has 0 radical (unpaired) electrons. The highest BCUT2D eigenvalue weighted by molar-refractivity contribution is 7.16. The van der Waals surface area contributed by atoms with Crippen molar-refractivity contribution < 1.29 is 4.74 Å². The fourth-order valence-corrected chi connectivity index (χ4v) is 3.12. The standard InChI is InChI=1S/C12H19N5OS/c1-3-6-13-8(2)11-16-17-10(9-5-4-7-18-9)14-15-12(17)19-11/h8-9,13H,3-7H2,1-2H3. The lowest BCUT2D eigenvalue weighted by Crippen LogP contribution is -2.19. The number of aromatic nitrogens is 4. The lowest BCUT2D eigenvalue weighted by Gasteiger charge is -2.09. The van der Waals surface area contributed by atoms with Crippen molar-refractivity contribution in [3.05, 3.63) is 10.8 Å². The van der Waals surface area contributed by atoms with E-state index in [0.717, 1.165) is 48.2 Å². The van der Waals surface area contributed by atoms with Crippen LogP contribution in [0, 0.1) is 0 Å². The number of fused-ring (bicyclic) bond motifs is 1. The molecule has 0 saturated carbocycles. The van der Waals surface area contributed by atoms with Crippen LogP contribution >= 0.6 is 11.3 Å². The van der Waals surface area contributed by atoms with Crippen LogP contribution in [0.1, 0.15) is 56.1 Å². The Bertz CT molecular complexity index is 545. The molecular weight excluding hydrogens is 262 g/mol. The van der Waals surface area contributed by atoms with Gasteiger partial charge in [0, 0.05) is 6.61 Å². The lowest BCUT2D eigenvalue weighted by atomic mass is 10.2. The number of nitrogens with one attached hydrogen (secondary N) is 1.